The lowest BCUT2D eigenvalue weighted by molar-refractivity contribution is -0.124. The zero-order chi connectivity index (χ0) is 18.0. The Labute approximate surface area is 152 Å². The van der Waals surface area contributed by atoms with Gasteiger partial charge in [0.2, 0.25) is 5.91 Å². The normalized spacial score (nSPS) is 13.0. The third-order valence-electron chi connectivity index (χ3n) is 4.37. The Morgan fingerprint density at radius 2 is 1.88 bits per heavy atom. The molecule has 0 atom stereocenters. The molecule has 0 saturated heterocycles. The van der Waals surface area contributed by atoms with E-state index in [1.807, 2.05) is 32.0 Å². The van der Waals surface area contributed by atoms with E-state index in [1.54, 1.807) is 29.2 Å². The molecule has 2 amide bonds. The van der Waals surface area contributed by atoms with Crippen LogP contribution in [0, 0.1) is 5.92 Å². The van der Waals surface area contributed by atoms with Gasteiger partial charge in [0.15, 0.2) is 0 Å². The smallest absolute Gasteiger partial charge is 0.258 e. The Bertz CT molecular complexity index is 800. The molecule has 4 nitrogen and oxygen atoms in total. The van der Waals surface area contributed by atoms with Gasteiger partial charge in [-0.2, -0.15) is 0 Å². The van der Waals surface area contributed by atoms with Crippen molar-refractivity contribution < 1.29 is 9.59 Å². The highest BCUT2D eigenvalue weighted by Crippen LogP contribution is 2.30. The minimum atomic E-state index is -0.0441. The van der Waals surface area contributed by atoms with Gasteiger partial charge in [0.1, 0.15) is 0 Å². The predicted octanol–water partition coefficient (Wildman–Crippen LogP) is 3.82. The first-order valence-corrected chi connectivity index (χ1v) is 8.80. The number of nitrogens with one attached hydrogen (secondary N) is 1. The van der Waals surface area contributed by atoms with Crippen LogP contribution in [0.2, 0.25) is 5.02 Å². The van der Waals surface area contributed by atoms with Gasteiger partial charge in [-0.25, -0.2) is 0 Å². The summed E-state index contributed by atoms with van der Waals surface area (Å²) in [7, 11) is 0. The Morgan fingerprint density at radius 3 is 2.56 bits per heavy atom. The van der Waals surface area contributed by atoms with Crippen LogP contribution in [0.25, 0.3) is 0 Å². The van der Waals surface area contributed by atoms with Gasteiger partial charge in [0.05, 0.1) is 0 Å². The Hall–Kier alpha value is -2.33. The minimum Gasteiger partial charge on any atom is -0.352 e. The largest absolute Gasteiger partial charge is 0.352 e. The molecule has 1 N–H and O–H groups in total. The van der Waals surface area contributed by atoms with Crippen LogP contribution in [0.3, 0.4) is 0 Å². The molecule has 25 heavy (non-hydrogen) atoms. The second-order valence-corrected chi connectivity index (χ2v) is 6.99. The maximum Gasteiger partial charge on any atom is 0.258 e. The van der Waals surface area contributed by atoms with E-state index in [4.69, 9.17) is 11.6 Å². The van der Waals surface area contributed by atoms with E-state index in [9.17, 15) is 9.59 Å². The summed E-state index contributed by atoms with van der Waals surface area (Å²) in [5.41, 5.74) is 3.69. The van der Waals surface area contributed by atoms with Crippen LogP contribution in [0.4, 0.5) is 5.69 Å². The third-order valence-corrected chi connectivity index (χ3v) is 4.62. The van der Waals surface area contributed by atoms with Crippen LogP contribution in [-0.2, 0) is 17.8 Å². The summed E-state index contributed by atoms with van der Waals surface area (Å²) in [6.45, 7) is 4.86. The Kier molecular flexibility index (Phi) is 5.09. The van der Waals surface area contributed by atoms with E-state index < -0.39 is 0 Å². The molecular weight excluding hydrogens is 336 g/mol. The summed E-state index contributed by atoms with van der Waals surface area (Å²) >= 11 is 5.90. The zero-order valence-electron chi connectivity index (χ0n) is 14.4. The molecular formula is C20H21ClN2O2. The van der Waals surface area contributed by atoms with Gasteiger partial charge in [0.25, 0.3) is 5.91 Å². The number of hydrogen-bond donors (Lipinski definition) is 1. The number of amides is 2. The molecule has 0 fully saturated rings. The number of carbonyl (C=O) groups excluding carboxylic acids is 2. The topological polar surface area (TPSA) is 49.4 Å². The minimum absolute atomic E-state index is 0.0228. The maximum atomic E-state index is 12.8. The van der Waals surface area contributed by atoms with Crippen molar-refractivity contribution in [3.63, 3.8) is 0 Å². The molecule has 0 aromatic heterocycles. The SMILES string of the molecule is CC(C)C(=O)NCc1ccc2c(c1)N(C(=O)c1ccc(Cl)cc1)CC2. The van der Waals surface area contributed by atoms with Crippen LogP contribution in [0.5, 0.6) is 0 Å². The van der Waals surface area contributed by atoms with Gasteiger partial charge in [0, 0.05) is 35.3 Å². The first-order chi connectivity index (χ1) is 12.0. The van der Waals surface area contributed by atoms with Gasteiger partial charge in [-0.1, -0.05) is 37.6 Å². The predicted molar refractivity (Wildman–Crippen MR) is 100.0 cm³/mol. The number of rotatable bonds is 4. The molecule has 3 rings (SSSR count). The van der Waals surface area contributed by atoms with Crippen LogP contribution >= 0.6 is 11.6 Å². The van der Waals surface area contributed by atoms with E-state index in [1.165, 1.54) is 0 Å². The quantitative estimate of drug-likeness (QED) is 0.905. The summed E-state index contributed by atoms with van der Waals surface area (Å²) in [5, 5.41) is 3.53. The molecule has 5 heteroatoms. The van der Waals surface area contributed by atoms with Gasteiger partial charge < -0.3 is 10.2 Å². The Balaban J connectivity index is 1.78. The average Bonchev–Trinajstić information content (AvgIpc) is 3.02. The van der Waals surface area contributed by atoms with E-state index in [-0.39, 0.29) is 17.7 Å². The van der Waals surface area contributed by atoms with E-state index in [2.05, 4.69) is 5.32 Å². The fourth-order valence-electron chi connectivity index (χ4n) is 2.89. The molecule has 0 unspecified atom stereocenters. The summed E-state index contributed by atoms with van der Waals surface area (Å²) in [6.07, 6.45) is 0.841. The van der Waals surface area contributed by atoms with Crippen molar-refractivity contribution in [1.29, 1.82) is 0 Å². The monoisotopic (exact) mass is 356 g/mol. The molecule has 1 heterocycles. The lowest BCUT2D eigenvalue weighted by Gasteiger charge is -2.18. The molecule has 130 valence electrons. The number of anilines is 1. The average molecular weight is 357 g/mol. The summed E-state index contributed by atoms with van der Waals surface area (Å²) < 4.78 is 0. The number of fused-ring (bicyclic) bond motifs is 1. The first-order valence-electron chi connectivity index (χ1n) is 8.42. The number of benzene rings is 2. The van der Waals surface area contributed by atoms with Gasteiger partial charge in [-0.15, -0.1) is 0 Å². The van der Waals surface area contributed by atoms with Gasteiger partial charge in [-0.3, -0.25) is 9.59 Å². The lowest BCUT2D eigenvalue weighted by atomic mass is 10.1. The Morgan fingerprint density at radius 1 is 1.16 bits per heavy atom. The third kappa shape index (κ3) is 3.85. The van der Waals surface area contributed by atoms with Crippen molar-refractivity contribution in [2.45, 2.75) is 26.8 Å². The molecule has 0 radical (unpaired) electrons. The van der Waals surface area contributed by atoms with Crippen molar-refractivity contribution >= 4 is 29.1 Å². The first kappa shape index (κ1) is 17.5. The lowest BCUT2D eigenvalue weighted by Crippen LogP contribution is -2.29. The highest BCUT2D eigenvalue weighted by atomic mass is 35.5. The fraction of sp³-hybridized carbons (Fsp3) is 0.300. The molecule has 0 bridgehead atoms. The zero-order valence-corrected chi connectivity index (χ0v) is 15.1. The van der Waals surface area contributed by atoms with E-state index in [0.29, 0.717) is 23.7 Å². The van der Waals surface area contributed by atoms with E-state index in [0.717, 1.165) is 23.2 Å². The van der Waals surface area contributed by atoms with Crippen molar-refractivity contribution in [2.75, 3.05) is 11.4 Å². The van der Waals surface area contributed by atoms with Crippen molar-refractivity contribution in [2.24, 2.45) is 5.92 Å². The van der Waals surface area contributed by atoms with Crippen molar-refractivity contribution in [3.05, 3.63) is 64.2 Å². The molecule has 0 spiro atoms. The second-order valence-electron chi connectivity index (χ2n) is 6.55. The standard InChI is InChI=1S/C20H21ClN2O2/c1-13(2)19(24)22-12-14-3-4-15-9-10-23(18(15)11-14)20(25)16-5-7-17(21)8-6-16/h3-8,11,13H,9-10,12H2,1-2H3,(H,22,24). The van der Waals surface area contributed by atoms with Crippen LogP contribution in [0.1, 0.15) is 35.3 Å². The summed E-state index contributed by atoms with van der Waals surface area (Å²) in [6, 6.07) is 13.0. The molecule has 1 aliphatic rings. The molecule has 2 aromatic carbocycles. The van der Waals surface area contributed by atoms with Gasteiger partial charge >= 0.3 is 0 Å². The van der Waals surface area contributed by atoms with Crippen LogP contribution in [-0.4, -0.2) is 18.4 Å². The van der Waals surface area contributed by atoms with Crippen LogP contribution in [0.15, 0.2) is 42.5 Å². The van der Waals surface area contributed by atoms with Crippen molar-refractivity contribution in [3.8, 4) is 0 Å². The summed E-state index contributed by atoms with van der Waals surface area (Å²) in [4.78, 5) is 26.3. The highest BCUT2D eigenvalue weighted by Gasteiger charge is 2.25. The molecule has 0 saturated carbocycles. The van der Waals surface area contributed by atoms with E-state index >= 15 is 0 Å². The second kappa shape index (κ2) is 7.28. The fourth-order valence-corrected chi connectivity index (χ4v) is 3.01. The molecule has 1 aliphatic heterocycles. The number of hydrogen-bond acceptors (Lipinski definition) is 2. The number of halogens is 1. The van der Waals surface area contributed by atoms with Crippen molar-refractivity contribution in [1.82, 2.24) is 5.32 Å². The van der Waals surface area contributed by atoms with Gasteiger partial charge in [-0.05, 0) is 47.9 Å². The number of carbonyl (C=O) groups is 2. The maximum absolute atomic E-state index is 12.8. The number of nitrogens with zero attached hydrogens (tertiary/aromatic N) is 1. The van der Waals surface area contributed by atoms with Crippen LogP contribution < -0.4 is 10.2 Å². The highest BCUT2D eigenvalue weighted by molar-refractivity contribution is 6.30. The summed E-state index contributed by atoms with van der Waals surface area (Å²) in [5.74, 6) is -0.0502. The molecule has 0 aliphatic carbocycles. The molecule has 2 aromatic rings.